The quantitative estimate of drug-likeness (QED) is 0.853. The fraction of sp³-hybridized carbons (Fsp3) is 0.385. The van der Waals surface area contributed by atoms with E-state index in [2.05, 4.69) is 30.6 Å². The maximum Gasteiger partial charge on any atom is 0.134 e. The van der Waals surface area contributed by atoms with E-state index in [1.54, 1.807) is 12.5 Å². The summed E-state index contributed by atoms with van der Waals surface area (Å²) in [5, 5.41) is 6.48. The molecule has 6 heteroatoms. The number of nitrogens with one attached hydrogen (secondary N) is 2. The molecule has 6 nitrogen and oxygen atoms in total. The Kier molecular flexibility index (Phi) is 4.22. The highest BCUT2D eigenvalue weighted by atomic mass is 15.1. The number of aryl methyl sites for hydroxylation is 1. The van der Waals surface area contributed by atoms with Crippen molar-refractivity contribution < 1.29 is 0 Å². The molecule has 0 spiro atoms. The topological polar surface area (TPSA) is 75.6 Å². The summed E-state index contributed by atoms with van der Waals surface area (Å²) in [5.74, 6) is 2.45. The minimum absolute atomic E-state index is 0.618. The van der Waals surface area contributed by atoms with Gasteiger partial charge in [-0.3, -0.25) is 0 Å². The Morgan fingerprint density at radius 2 is 1.79 bits per heavy atom. The van der Waals surface area contributed by atoms with E-state index in [-0.39, 0.29) is 0 Å². The molecular formula is C13H18N6. The van der Waals surface area contributed by atoms with E-state index in [0.29, 0.717) is 6.54 Å². The number of rotatable bonds is 5. The van der Waals surface area contributed by atoms with Crippen LogP contribution in [0.25, 0.3) is 0 Å². The van der Waals surface area contributed by atoms with Gasteiger partial charge in [0.2, 0.25) is 0 Å². The Labute approximate surface area is 112 Å². The molecule has 0 radical (unpaired) electrons. The van der Waals surface area contributed by atoms with E-state index in [9.17, 15) is 0 Å². The SMILES string of the molecule is CCNc1ncnc(NCc2ccnc(C)n2)c1C. The third-order valence-corrected chi connectivity index (χ3v) is 2.70. The summed E-state index contributed by atoms with van der Waals surface area (Å²) in [6.07, 6.45) is 3.31. The standard InChI is InChI=1S/C13H18N6/c1-4-14-12-9(2)13(18-8-17-12)16-7-11-5-6-15-10(3)19-11/h5-6,8H,4,7H2,1-3H3,(H2,14,16,17,18). The predicted octanol–water partition coefficient (Wildman–Crippen LogP) is 1.93. The minimum atomic E-state index is 0.618. The zero-order chi connectivity index (χ0) is 13.7. The second kappa shape index (κ2) is 6.08. The van der Waals surface area contributed by atoms with Crippen LogP contribution in [0.5, 0.6) is 0 Å². The van der Waals surface area contributed by atoms with Crippen LogP contribution in [0.3, 0.4) is 0 Å². The summed E-state index contributed by atoms with van der Waals surface area (Å²) in [6, 6.07) is 1.89. The number of hydrogen-bond acceptors (Lipinski definition) is 6. The molecule has 0 unspecified atom stereocenters. The van der Waals surface area contributed by atoms with Crippen molar-refractivity contribution in [1.29, 1.82) is 0 Å². The molecule has 0 aliphatic carbocycles. The van der Waals surface area contributed by atoms with Crippen LogP contribution in [0, 0.1) is 13.8 Å². The Hall–Kier alpha value is -2.24. The predicted molar refractivity (Wildman–Crippen MR) is 75.0 cm³/mol. The molecule has 0 saturated carbocycles. The van der Waals surface area contributed by atoms with Crippen LogP contribution >= 0.6 is 0 Å². The molecule has 0 aromatic carbocycles. The average molecular weight is 258 g/mol. The molecule has 0 aliphatic heterocycles. The minimum Gasteiger partial charge on any atom is -0.370 e. The Morgan fingerprint density at radius 1 is 1.05 bits per heavy atom. The lowest BCUT2D eigenvalue weighted by molar-refractivity contribution is 0.944. The molecule has 0 amide bonds. The van der Waals surface area contributed by atoms with Crippen molar-refractivity contribution in [1.82, 2.24) is 19.9 Å². The van der Waals surface area contributed by atoms with Gasteiger partial charge >= 0.3 is 0 Å². The van der Waals surface area contributed by atoms with Gasteiger partial charge in [0.05, 0.1) is 12.2 Å². The first kappa shape index (κ1) is 13.2. The van der Waals surface area contributed by atoms with Crippen LogP contribution in [0.4, 0.5) is 11.6 Å². The fourth-order valence-corrected chi connectivity index (χ4v) is 1.75. The van der Waals surface area contributed by atoms with Crippen LogP contribution in [0.2, 0.25) is 0 Å². The third kappa shape index (κ3) is 3.37. The van der Waals surface area contributed by atoms with Crippen LogP contribution in [-0.2, 0) is 6.54 Å². The molecule has 0 saturated heterocycles. The van der Waals surface area contributed by atoms with Crippen LogP contribution in [-0.4, -0.2) is 26.5 Å². The molecule has 0 fully saturated rings. The summed E-state index contributed by atoms with van der Waals surface area (Å²) in [6.45, 7) is 7.36. The summed E-state index contributed by atoms with van der Waals surface area (Å²) < 4.78 is 0. The lowest BCUT2D eigenvalue weighted by Gasteiger charge is -2.11. The largest absolute Gasteiger partial charge is 0.370 e. The van der Waals surface area contributed by atoms with Gasteiger partial charge < -0.3 is 10.6 Å². The zero-order valence-corrected chi connectivity index (χ0v) is 11.4. The van der Waals surface area contributed by atoms with Crippen LogP contribution in [0.1, 0.15) is 24.0 Å². The Morgan fingerprint density at radius 3 is 2.47 bits per heavy atom. The Balaban J connectivity index is 2.09. The van der Waals surface area contributed by atoms with E-state index >= 15 is 0 Å². The fourth-order valence-electron chi connectivity index (χ4n) is 1.75. The highest BCUT2D eigenvalue weighted by molar-refractivity contribution is 5.56. The highest BCUT2D eigenvalue weighted by Crippen LogP contribution is 2.18. The van der Waals surface area contributed by atoms with Gasteiger partial charge in [0, 0.05) is 18.3 Å². The van der Waals surface area contributed by atoms with Crippen LogP contribution in [0.15, 0.2) is 18.6 Å². The molecule has 2 heterocycles. The zero-order valence-electron chi connectivity index (χ0n) is 11.4. The first-order valence-corrected chi connectivity index (χ1v) is 6.28. The van der Waals surface area contributed by atoms with E-state index in [1.807, 2.05) is 26.8 Å². The average Bonchev–Trinajstić information content (AvgIpc) is 2.40. The first-order valence-electron chi connectivity index (χ1n) is 6.28. The molecule has 100 valence electrons. The molecule has 0 aliphatic rings. The van der Waals surface area contributed by atoms with Crippen LogP contribution < -0.4 is 10.6 Å². The molecule has 2 N–H and O–H groups in total. The normalized spacial score (nSPS) is 10.3. The van der Waals surface area contributed by atoms with Gasteiger partial charge in [0.15, 0.2) is 0 Å². The molecule has 2 aromatic heterocycles. The second-order valence-electron chi connectivity index (χ2n) is 4.17. The number of hydrogen-bond donors (Lipinski definition) is 2. The van der Waals surface area contributed by atoms with E-state index in [1.165, 1.54) is 0 Å². The first-order chi connectivity index (χ1) is 9.20. The Bertz CT molecular complexity index is 555. The second-order valence-corrected chi connectivity index (χ2v) is 4.17. The summed E-state index contributed by atoms with van der Waals surface area (Å²) >= 11 is 0. The monoisotopic (exact) mass is 258 g/mol. The molecule has 19 heavy (non-hydrogen) atoms. The molecule has 0 atom stereocenters. The highest BCUT2D eigenvalue weighted by Gasteiger charge is 2.06. The van der Waals surface area contributed by atoms with Crippen molar-refractivity contribution in [2.24, 2.45) is 0 Å². The summed E-state index contributed by atoms with van der Waals surface area (Å²) in [4.78, 5) is 16.9. The van der Waals surface area contributed by atoms with E-state index in [4.69, 9.17) is 0 Å². The van der Waals surface area contributed by atoms with Crippen molar-refractivity contribution in [2.75, 3.05) is 17.2 Å². The lowest BCUT2D eigenvalue weighted by atomic mass is 10.3. The van der Waals surface area contributed by atoms with Gasteiger partial charge in [-0.2, -0.15) is 0 Å². The molecule has 0 bridgehead atoms. The van der Waals surface area contributed by atoms with E-state index in [0.717, 1.165) is 35.3 Å². The van der Waals surface area contributed by atoms with Crippen molar-refractivity contribution >= 4 is 11.6 Å². The number of aromatic nitrogens is 4. The molecule has 2 aromatic rings. The number of nitrogens with zero attached hydrogens (tertiary/aromatic N) is 4. The van der Waals surface area contributed by atoms with E-state index < -0.39 is 0 Å². The van der Waals surface area contributed by atoms with Gasteiger partial charge in [0.25, 0.3) is 0 Å². The van der Waals surface area contributed by atoms with Gasteiger partial charge in [-0.05, 0) is 26.8 Å². The maximum absolute atomic E-state index is 4.34. The van der Waals surface area contributed by atoms with Crippen molar-refractivity contribution in [3.05, 3.63) is 35.7 Å². The smallest absolute Gasteiger partial charge is 0.134 e. The summed E-state index contributed by atoms with van der Waals surface area (Å²) in [5.41, 5.74) is 1.95. The number of anilines is 2. The van der Waals surface area contributed by atoms with Crippen molar-refractivity contribution in [3.8, 4) is 0 Å². The van der Waals surface area contributed by atoms with Crippen molar-refractivity contribution in [2.45, 2.75) is 27.3 Å². The molecule has 2 rings (SSSR count). The lowest BCUT2D eigenvalue weighted by Crippen LogP contribution is -2.09. The van der Waals surface area contributed by atoms with Gasteiger partial charge in [-0.15, -0.1) is 0 Å². The third-order valence-electron chi connectivity index (χ3n) is 2.70. The van der Waals surface area contributed by atoms with Gasteiger partial charge in [-0.1, -0.05) is 0 Å². The maximum atomic E-state index is 4.34. The van der Waals surface area contributed by atoms with Gasteiger partial charge in [-0.25, -0.2) is 19.9 Å². The van der Waals surface area contributed by atoms with Crippen molar-refractivity contribution in [3.63, 3.8) is 0 Å². The van der Waals surface area contributed by atoms with Gasteiger partial charge in [0.1, 0.15) is 23.8 Å². The summed E-state index contributed by atoms with van der Waals surface area (Å²) in [7, 11) is 0. The molecular weight excluding hydrogens is 240 g/mol.